The smallest absolute Gasteiger partial charge is 0.322 e. The monoisotopic (exact) mass is 378 g/mol. The molecule has 2 N–H and O–H groups in total. The highest BCUT2D eigenvalue weighted by Crippen LogP contribution is 2.29. The van der Waals surface area contributed by atoms with E-state index in [0.717, 1.165) is 18.8 Å². The number of hydrogen-bond acceptors (Lipinski definition) is 6. The van der Waals surface area contributed by atoms with E-state index < -0.39 is 5.54 Å². The maximum Gasteiger partial charge on any atom is 0.322 e. The summed E-state index contributed by atoms with van der Waals surface area (Å²) < 4.78 is 7.43. The maximum atomic E-state index is 13.2. The molecule has 8 nitrogen and oxygen atoms in total. The Morgan fingerprint density at radius 2 is 1.96 bits per heavy atom. The molecule has 0 radical (unpaired) electrons. The molecule has 144 valence electrons. The third-order valence-corrected chi connectivity index (χ3v) is 4.89. The zero-order chi connectivity index (χ0) is 19.4. The quantitative estimate of drug-likeness (QED) is 0.708. The van der Waals surface area contributed by atoms with Crippen molar-refractivity contribution in [1.29, 1.82) is 0 Å². The molecule has 28 heavy (non-hydrogen) atoms. The van der Waals surface area contributed by atoms with Gasteiger partial charge < -0.3 is 15.4 Å². The van der Waals surface area contributed by atoms with Crippen LogP contribution in [0.25, 0.3) is 0 Å². The first-order valence-corrected chi connectivity index (χ1v) is 9.26. The Hall–Kier alpha value is -3.26. The molecule has 0 aliphatic carbocycles. The van der Waals surface area contributed by atoms with Crippen LogP contribution in [0.5, 0.6) is 11.8 Å². The van der Waals surface area contributed by atoms with E-state index in [9.17, 15) is 4.79 Å². The molecule has 1 saturated heterocycles. The first kappa shape index (κ1) is 18.1. The van der Waals surface area contributed by atoms with E-state index in [1.807, 2.05) is 25.3 Å². The summed E-state index contributed by atoms with van der Waals surface area (Å²) in [6, 6.07) is 11.1. The summed E-state index contributed by atoms with van der Waals surface area (Å²) in [7, 11) is 0. The number of nitrogens with one attached hydrogen (secondary N) is 2. The number of anilines is 1. The summed E-state index contributed by atoms with van der Waals surface area (Å²) >= 11 is 0. The van der Waals surface area contributed by atoms with E-state index in [-0.39, 0.29) is 5.91 Å². The average molecular weight is 378 g/mol. The minimum Gasteiger partial charge on any atom is -0.424 e. The summed E-state index contributed by atoms with van der Waals surface area (Å²) in [5, 5.41) is 10.7. The molecule has 0 spiro atoms. The SMILES string of the molecule is Cc1ccnc(Oc2ccc(NC(=O)C3(n4cccn4)CCNCC3)cc2)n1. The first-order valence-electron chi connectivity index (χ1n) is 9.26. The third-order valence-electron chi connectivity index (χ3n) is 4.89. The molecule has 0 bridgehead atoms. The molecule has 3 aromatic rings. The lowest BCUT2D eigenvalue weighted by Gasteiger charge is -2.36. The summed E-state index contributed by atoms with van der Waals surface area (Å²) in [5.41, 5.74) is 0.853. The number of aryl methyl sites for hydroxylation is 1. The molecule has 0 saturated carbocycles. The van der Waals surface area contributed by atoms with Crippen LogP contribution in [0.15, 0.2) is 55.0 Å². The van der Waals surface area contributed by atoms with Crippen LogP contribution in [0.4, 0.5) is 5.69 Å². The number of aromatic nitrogens is 4. The molecular weight excluding hydrogens is 356 g/mol. The number of carbonyl (C=O) groups is 1. The van der Waals surface area contributed by atoms with Crippen LogP contribution in [-0.2, 0) is 10.3 Å². The Kier molecular flexibility index (Phi) is 5.03. The zero-order valence-corrected chi connectivity index (χ0v) is 15.6. The van der Waals surface area contributed by atoms with Crippen molar-refractivity contribution in [3.05, 3.63) is 60.7 Å². The molecule has 1 aliphatic heterocycles. The highest BCUT2D eigenvalue weighted by molar-refractivity contribution is 5.96. The van der Waals surface area contributed by atoms with Crippen molar-refractivity contribution < 1.29 is 9.53 Å². The Morgan fingerprint density at radius 1 is 1.18 bits per heavy atom. The van der Waals surface area contributed by atoms with Gasteiger partial charge in [0.15, 0.2) is 0 Å². The summed E-state index contributed by atoms with van der Waals surface area (Å²) in [5.74, 6) is 0.542. The number of nitrogens with zero attached hydrogens (tertiary/aromatic N) is 4. The average Bonchev–Trinajstić information content (AvgIpc) is 3.25. The van der Waals surface area contributed by atoms with E-state index in [4.69, 9.17) is 4.74 Å². The lowest BCUT2D eigenvalue weighted by Crippen LogP contribution is -2.52. The fourth-order valence-electron chi connectivity index (χ4n) is 3.36. The predicted octanol–water partition coefficient (Wildman–Crippen LogP) is 2.49. The second-order valence-electron chi connectivity index (χ2n) is 6.79. The van der Waals surface area contributed by atoms with Gasteiger partial charge in [0, 0.05) is 30.0 Å². The third kappa shape index (κ3) is 3.72. The normalized spacial score (nSPS) is 15.8. The van der Waals surface area contributed by atoms with Gasteiger partial charge in [-0.25, -0.2) is 9.97 Å². The lowest BCUT2D eigenvalue weighted by atomic mass is 9.87. The van der Waals surface area contributed by atoms with Crippen LogP contribution in [0, 0.1) is 6.92 Å². The van der Waals surface area contributed by atoms with E-state index >= 15 is 0 Å². The molecule has 1 fully saturated rings. The second-order valence-corrected chi connectivity index (χ2v) is 6.79. The van der Waals surface area contributed by atoms with E-state index in [1.165, 1.54) is 0 Å². The van der Waals surface area contributed by atoms with Gasteiger partial charge in [-0.05, 0) is 69.3 Å². The van der Waals surface area contributed by atoms with Gasteiger partial charge >= 0.3 is 6.01 Å². The highest BCUT2D eigenvalue weighted by atomic mass is 16.5. The highest BCUT2D eigenvalue weighted by Gasteiger charge is 2.42. The van der Waals surface area contributed by atoms with Crippen LogP contribution in [0.2, 0.25) is 0 Å². The Balaban J connectivity index is 1.48. The fraction of sp³-hybridized carbons (Fsp3) is 0.300. The van der Waals surface area contributed by atoms with Crippen LogP contribution >= 0.6 is 0 Å². The minimum absolute atomic E-state index is 0.0617. The lowest BCUT2D eigenvalue weighted by molar-refractivity contribution is -0.126. The van der Waals surface area contributed by atoms with Crippen molar-refractivity contribution in [2.24, 2.45) is 0 Å². The Bertz CT molecular complexity index is 934. The Morgan fingerprint density at radius 3 is 2.64 bits per heavy atom. The molecule has 4 rings (SSSR count). The number of ether oxygens (including phenoxy) is 1. The molecular formula is C20H22N6O2. The van der Waals surface area contributed by atoms with E-state index in [1.54, 1.807) is 41.3 Å². The second kappa shape index (κ2) is 7.77. The van der Waals surface area contributed by atoms with Crippen molar-refractivity contribution in [2.45, 2.75) is 25.3 Å². The van der Waals surface area contributed by atoms with Crippen LogP contribution in [0.1, 0.15) is 18.5 Å². The number of benzene rings is 1. The van der Waals surface area contributed by atoms with Crippen molar-refractivity contribution in [1.82, 2.24) is 25.1 Å². The molecule has 0 atom stereocenters. The van der Waals surface area contributed by atoms with Crippen molar-refractivity contribution >= 4 is 11.6 Å². The van der Waals surface area contributed by atoms with Gasteiger partial charge in [-0.1, -0.05) is 0 Å². The maximum absolute atomic E-state index is 13.2. The summed E-state index contributed by atoms with van der Waals surface area (Å²) in [6.07, 6.45) is 6.58. The number of amides is 1. The first-order chi connectivity index (χ1) is 13.7. The molecule has 3 heterocycles. The molecule has 0 unspecified atom stereocenters. The standard InChI is InChI=1S/C20H22N6O2/c1-15-7-11-22-19(24-15)28-17-5-3-16(4-6-17)25-18(27)20(8-12-21-13-9-20)26-14-2-10-23-26/h2-7,10-11,14,21H,8-9,12-13H2,1H3,(H,25,27). The number of hydrogen-bond donors (Lipinski definition) is 2. The van der Waals surface area contributed by atoms with Gasteiger partial charge in [0.1, 0.15) is 11.3 Å². The van der Waals surface area contributed by atoms with Gasteiger partial charge in [0.25, 0.3) is 5.91 Å². The van der Waals surface area contributed by atoms with Crippen LogP contribution < -0.4 is 15.4 Å². The summed E-state index contributed by atoms with van der Waals surface area (Å²) in [4.78, 5) is 21.5. The van der Waals surface area contributed by atoms with Gasteiger partial charge in [-0.15, -0.1) is 0 Å². The number of rotatable bonds is 5. The zero-order valence-electron chi connectivity index (χ0n) is 15.6. The van der Waals surface area contributed by atoms with Gasteiger partial charge in [-0.3, -0.25) is 9.48 Å². The molecule has 1 aromatic carbocycles. The molecule has 1 amide bonds. The van der Waals surface area contributed by atoms with Crippen LogP contribution in [0.3, 0.4) is 0 Å². The number of piperidine rings is 1. The van der Waals surface area contributed by atoms with Crippen molar-refractivity contribution in [3.63, 3.8) is 0 Å². The van der Waals surface area contributed by atoms with Crippen molar-refractivity contribution in [2.75, 3.05) is 18.4 Å². The van der Waals surface area contributed by atoms with Crippen molar-refractivity contribution in [3.8, 4) is 11.8 Å². The Labute approximate surface area is 163 Å². The largest absolute Gasteiger partial charge is 0.424 e. The van der Waals surface area contributed by atoms with Crippen LogP contribution in [-0.4, -0.2) is 38.7 Å². The molecule has 1 aliphatic rings. The van der Waals surface area contributed by atoms with Gasteiger partial charge in [0.2, 0.25) is 0 Å². The molecule has 8 heteroatoms. The van der Waals surface area contributed by atoms with Gasteiger partial charge in [0.05, 0.1) is 0 Å². The minimum atomic E-state index is -0.681. The summed E-state index contributed by atoms with van der Waals surface area (Å²) in [6.45, 7) is 3.43. The van der Waals surface area contributed by atoms with Gasteiger partial charge in [-0.2, -0.15) is 5.10 Å². The molecule has 2 aromatic heterocycles. The predicted molar refractivity (Wildman–Crippen MR) is 104 cm³/mol. The number of carbonyl (C=O) groups excluding carboxylic acids is 1. The topological polar surface area (TPSA) is 94.0 Å². The van der Waals surface area contributed by atoms with E-state index in [0.29, 0.717) is 30.3 Å². The van der Waals surface area contributed by atoms with E-state index in [2.05, 4.69) is 25.7 Å². The fourth-order valence-corrected chi connectivity index (χ4v) is 3.36.